The van der Waals surface area contributed by atoms with Crippen LogP contribution in [0.2, 0.25) is 0 Å². The molecule has 1 nitrogen and oxygen atoms in total. The maximum absolute atomic E-state index is 6.65. The molecule has 0 aromatic heterocycles. The Bertz CT molecular complexity index is 421. The molecule has 2 aliphatic rings. The van der Waals surface area contributed by atoms with Gasteiger partial charge in [-0.25, -0.2) is 0 Å². The highest BCUT2D eigenvalue weighted by Crippen LogP contribution is 2.29. The number of aryl methyl sites for hydroxylation is 2. The molecule has 1 aliphatic heterocycles. The lowest BCUT2D eigenvalue weighted by Gasteiger charge is -2.23. The van der Waals surface area contributed by atoms with Gasteiger partial charge in [0.25, 0.3) is 0 Å². The van der Waals surface area contributed by atoms with E-state index in [0.29, 0.717) is 0 Å². The normalized spacial score (nSPS) is 21.9. The number of alkyl halides is 1. The van der Waals surface area contributed by atoms with Gasteiger partial charge < -0.3 is 4.90 Å². The third-order valence-corrected chi connectivity index (χ3v) is 4.99. The van der Waals surface area contributed by atoms with Crippen LogP contribution in [0.3, 0.4) is 0 Å². The predicted molar refractivity (Wildman–Crippen MR) is 82.0 cm³/mol. The predicted octanol–water partition coefficient (Wildman–Crippen LogP) is 4.33. The quantitative estimate of drug-likeness (QED) is 0.743. The van der Waals surface area contributed by atoms with E-state index in [0.717, 1.165) is 6.54 Å². The molecule has 0 bridgehead atoms. The van der Waals surface area contributed by atoms with Gasteiger partial charge in [0.05, 0.1) is 5.38 Å². The fourth-order valence-electron chi connectivity index (χ4n) is 3.44. The summed E-state index contributed by atoms with van der Waals surface area (Å²) in [7, 11) is 0. The Balaban J connectivity index is 1.64. The summed E-state index contributed by atoms with van der Waals surface area (Å²) >= 11 is 6.65. The van der Waals surface area contributed by atoms with E-state index in [1.807, 2.05) is 0 Å². The molecule has 19 heavy (non-hydrogen) atoms. The summed E-state index contributed by atoms with van der Waals surface area (Å²) in [6.45, 7) is 3.47. The molecule has 0 amide bonds. The van der Waals surface area contributed by atoms with E-state index in [1.54, 1.807) is 11.1 Å². The molecular weight excluding hydrogens is 254 g/mol. The maximum atomic E-state index is 6.65. The van der Waals surface area contributed by atoms with Gasteiger partial charge in [-0.3, -0.25) is 0 Å². The highest BCUT2D eigenvalue weighted by Gasteiger charge is 2.17. The van der Waals surface area contributed by atoms with E-state index in [2.05, 4.69) is 23.1 Å². The first-order chi connectivity index (χ1) is 9.33. The number of halogens is 1. The minimum absolute atomic E-state index is 0.156. The van der Waals surface area contributed by atoms with Gasteiger partial charge in [0.15, 0.2) is 0 Å². The molecule has 1 saturated heterocycles. The van der Waals surface area contributed by atoms with Crippen molar-refractivity contribution in [2.45, 2.75) is 50.3 Å². The van der Waals surface area contributed by atoms with E-state index in [9.17, 15) is 0 Å². The van der Waals surface area contributed by atoms with Crippen LogP contribution in [-0.2, 0) is 12.8 Å². The van der Waals surface area contributed by atoms with Crippen LogP contribution >= 0.6 is 11.6 Å². The molecule has 1 aliphatic carbocycles. The molecule has 1 aromatic rings. The zero-order chi connectivity index (χ0) is 13.1. The first-order valence-corrected chi connectivity index (χ1v) is 8.25. The number of rotatable bonds is 3. The molecule has 1 atom stereocenters. The van der Waals surface area contributed by atoms with Gasteiger partial charge in [0.2, 0.25) is 0 Å². The molecule has 1 fully saturated rings. The largest absolute Gasteiger partial charge is 0.302 e. The van der Waals surface area contributed by atoms with Crippen LogP contribution in [0.4, 0.5) is 0 Å². The van der Waals surface area contributed by atoms with Gasteiger partial charge in [-0.05, 0) is 61.9 Å². The number of fused-ring (bicyclic) bond motifs is 1. The van der Waals surface area contributed by atoms with Crippen molar-refractivity contribution >= 4 is 11.6 Å². The van der Waals surface area contributed by atoms with Gasteiger partial charge >= 0.3 is 0 Å². The zero-order valence-electron chi connectivity index (χ0n) is 11.7. The van der Waals surface area contributed by atoms with Crippen LogP contribution in [-0.4, -0.2) is 24.5 Å². The van der Waals surface area contributed by atoms with E-state index in [-0.39, 0.29) is 5.38 Å². The third kappa shape index (κ3) is 3.32. The second-order valence-corrected chi connectivity index (χ2v) is 6.59. The number of hydrogen-bond acceptors (Lipinski definition) is 1. The second-order valence-electron chi connectivity index (χ2n) is 6.06. The molecule has 2 heteroatoms. The van der Waals surface area contributed by atoms with E-state index in [1.165, 1.54) is 63.6 Å². The van der Waals surface area contributed by atoms with E-state index >= 15 is 0 Å². The summed E-state index contributed by atoms with van der Waals surface area (Å²) in [4.78, 5) is 2.55. The number of likely N-dealkylation sites (tertiary alicyclic amines) is 1. The monoisotopic (exact) mass is 277 g/mol. The van der Waals surface area contributed by atoms with Crippen molar-refractivity contribution in [1.29, 1.82) is 0 Å². The summed E-state index contributed by atoms with van der Waals surface area (Å²) in [6, 6.07) is 6.91. The molecule has 3 rings (SSSR count). The highest BCUT2D eigenvalue weighted by atomic mass is 35.5. The number of nitrogens with zero attached hydrogens (tertiary/aromatic N) is 1. The van der Waals surface area contributed by atoms with Gasteiger partial charge in [-0.1, -0.05) is 31.0 Å². The Morgan fingerprint density at radius 1 is 0.947 bits per heavy atom. The van der Waals surface area contributed by atoms with E-state index < -0.39 is 0 Å². The lowest BCUT2D eigenvalue weighted by molar-refractivity contribution is 0.285. The van der Waals surface area contributed by atoms with Crippen molar-refractivity contribution in [3.63, 3.8) is 0 Å². The molecule has 1 heterocycles. The van der Waals surface area contributed by atoms with Crippen molar-refractivity contribution in [2.24, 2.45) is 0 Å². The van der Waals surface area contributed by atoms with Crippen LogP contribution in [0, 0.1) is 0 Å². The zero-order valence-corrected chi connectivity index (χ0v) is 12.5. The molecule has 0 radical (unpaired) electrons. The summed E-state index contributed by atoms with van der Waals surface area (Å²) in [6.07, 6.45) is 9.29. The Morgan fingerprint density at radius 2 is 1.68 bits per heavy atom. The Labute approximate surface area is 121 Å². The van der Waals surface area contributed by atoms with Crippen molar-refractivity contribution in [2.75, 3.05) is 19.6 Å². The summed E-state index contributed by atoms with van der Waals surface area (Å²) in [5.74, 6) is 0. The first kappa shape index (κ1) is 13.5. The average molecular weight is 278 g/mol. The Morgan fingerprint density at radius 3 is 2.47 bits per heavy atom. The van der Waals surface area contributed by atoms with Crippen molar-refractivity contribution in [3.05, 3.63) is 34.9 Å². The SMILES string of the molecule is ClC(CN1CCCCCC1)c1ccc2c(c1)CCC2. The minimum Gasteiger partial charge on any atom is -0.302 e. The van der Waals surface area contributed by atoms with Gasteiger partial charge in [-0.15, -0.1) is 11.6 Å². The molecule has 1 unspecified atom stereocenters. The fraction of sp³-hybridized carbons (Fsp3) is 0.647. The van der Waals surface area contributed by atoms with E-state index in [4.69, 9.17) is 11.6 Å². The molecule has 1 aromatic carbocycles. The molecule has 104 valence electrons. The highest BCUT2D eigenvalue weighted by molar-refractivity contribution is 6.21. The van der Waals surface area contributed by atoms with Crippen LogP contribution in [0.25, 0.3) is 0 Å². The third-order valence-electron chi connectivity index (χ3n) is 4.60. The van der Waals surface area contributed by atoms with Crippen LogP contribution in [0.5, 0.6) is 0 Å². The van der Waals surface area contributed by atoms with Crippen molar-refractivity contribution < 1.29 is 0 Å². The summed E-state index contributed by atoms with van der Waals surface area (Å²) < 4.78 is 0. The summed E-state index contributed by atoms with van der Waals surface area (Å²) in [5.41, 5.74) is 4.41. The topological polar surface area (TPSA) is 3.24 Å². The average Bonchev–Trinajstić information content (AvgIpc) is 2.75. The van der Waals surface area contributed by atoms with Crippen LogP contribution in [0.1, 0.15) is 54.2 Å². The second kappa shape index (κ2) is 6.28. The number of benzene rings is 1. The van der Waals surface area contributed by atoms with Crippen molar-refractivity contribution in [3.8, 4) is 0 Å². The molecule has 0 spiro atoms. The molecule has 0 saturated carbocycles. The number of hydrogen-bond donors (Lipinski definition) is 0. The van der Waals surface area contributed by atoms with Gasteiger partial charge in [0, 0.05) is 6.54 Å². The molecular formula is C17H24ClN. The lowest BCUT2D eigenvalue weighted by Crippen LogP contribution is -2.28. The first-order valence-electron chi connectivity index (χ1n) is 7.81. The van der Waals surface area contributed by atoms with Crippen molar-refractivity contribution in [1.82, 2.24) is 4.90 Å². The summed E-state index contributed by atoms with van der Waals surface area (Å²) in [5, 5.41) is 0.156. The van der Waals surface area contributed by atoms with Crippen LogP contribution in [0.15, 0.2) is 18.2 Å². The van der Waals surface area contributed by atoms with Gasteiger partial charge in [0.1, 0.15) is 0 Å². The minimum atomic E-state index is 0.156. The Hall–Kier alpha value is -0.530. The smallest absolute Gasteiger partial charge is 0.0712 e. The lowest BCUT2D eigenvalue weighted by atomic mass is 10.0. The Kier molecular flexibility index (Phi) is 4.45. The van der Waals surface area contributed by atoms with Crippen LogP contribution < -0.4 is 0 Å². The maximum Gasteiger partial charge on any atom is 0.0712 e. The fourth-order valence-corrected chi connectivity index (χ4v) is 3.77. The molecule has 0 N–H and O–H groups in total. The van der Waals surface area contributed by atoms with Gasteiger partial charge in [-0.2, -0.15) is 0 Å². The standard InChI is InChI=1S/C17H24ClN/c18-17(13-19-10-3-1-2-4-11-19)16-9-8-14-6-5-7-15(14)12-16/h8-9,12,17H,1-7,10-11,13H2.